The lowest BCUT2D eigenvalue weighted by molar-refractivity contribution is 1.18. The molecule has 0 aliphatic rings. The van der Waals surface area contributed by atoms with Gasteiger partial charge in [-0.15, -0.1) is 0 Å². The first-order chi connectivity index (χ1) is 7.25. The molecule has 0 unspecified atom stereocenters. The van der Waals surface area contributed by atoms with Crippen LogP contribution in [0.4, 0.5) is 0 Å². The first kappa shape index (κ1) is 10.7. The fourth-order valence-electron chi connectivity index (χ4n) is 1.49. The highest BCUT2D eigenvalue weighted by atomic mass is 79.9. The molecule has 0 aliphatic heterocycles. The second-order valence-electron chi connectivity index (χ2n) is 3.40. The summed E-state index contributed by atoms with van der Waals surface area (Å²) in [4.78, 5) is 0. The fraction of sp³-hybridized carbons (Fsp3) is 0.0769. The van der Waals surface area contributed by atoms with Crippen LogP contribution >= 0.6 is 27.5 Å². The quantitative estimate of drug-likeness (QED) is 0.749. The van der Waals surface area contributed by atoms with Crippen LogP contribution in [0.1, 0.15) is 11.1 Å². The number of halogens is 2. The van der Waals surface area contributed by atoms with Crippen molar-refractivity contribution in [1.82, 2.24) is 0 Å². The van der Waals surface area contributed by atoms with Crippen molar-refractivity contribution in [2.75, 3.05) is 0 Å². The highest BCUT2D eigenvalue weighted by Crippen LogP contribution is 2.23. The Morgan fingerprint density at radius 3 is 2.47 bits per heavy atom. The van der Waals surface area contributed by atoms with E-state index in [0.29, 0.717) is 0 Å². The molecule has 0 atom stereocenters. The van der Waals surface area contributed by atoms with E-state index in [2.05, 4.69) is 28.1 Å². The van der Waals surface area contributed by atoms with Gasteiger partial charge in [0, 0.05) is 9.50 Å². The molecule has 0 bridgehead atoms. The molecule has 0 amide bonds. The Hall–Kier alpha value is -0.790. The van der Waals surface area contributed by atoms with Gasteiger partial charge in [-0.25, -0.2) is 0 Å². The Morgan fingerprint density at radius 2 is 1.73 bits per heavy atom. The van der Waals surface area contributed by atoms with Gasteiger partial charge in [-0.1, -0.05) is 57.9 Å². The Kier molecular flexibility index (Phi) is 3.45. The molecule has 2 heteroatoms. The summed E-state index contributed by atoms with van der Waals surface area (Å²) in [6.07, 6.45) is 0.905. The van der Waals surface area contributed by atoms with Crippen LogP contribution in [0.5, 0.6) is 0 Å². The Balaban J connectivity index is 2.28. The van der Waals surface area contributed by atoms with Crippen LogP contribution in [0.2, 0.25) is 5.02 Å². The van der Waals surface area contributed by atoms with Crippen LogP contribution in [-0.2, 0) is 6.42 Å². The van der Waals surface area contributed by atoms with Crippen molar-refractivity contribution < 1.29 is 0 Å². The molecule has 76 valence electrons. The van der Waals surface area contributed by atoms with Crippen LogP contribution in [-0.4, -0.2) is 0 Å². The lowest BCUT2D eigenvalue weighted by Crippen LogP contribution is -1.89. The highest BCUT2D eigenvalue weighted by molar-refractivity contribution is 9.10. The van der Waals surface area contributed by atoms with Gasteiger partial charge in [-0.3, -0.25) is 0 Å². The number of rotatable bonds is 2. The summed E-state index contributed by atoms with van der Waals surface area (Å²) in [5.41, 5.74) is 2.51. The molecular formula is C13H10BrCl. The summed E-state index contributed by atoms with van der Waals surface area (Å²) in [6, 6.07) is 16.2. The fourth-order valence-corrected chi connectivity index (χ4v) is 2.08. The standard InChI is InChI=1S/C13H10BrCl/c14-13-7-6-12(15)9-11(13)8-10-4-2-1-3-5-10/h1-7,9H,8H2. The van der Waals surface area contributed by atoms with E-state index >= 15 is 0 Å². The maximum Gasteiger partial charge on any atom is 0.0409 e. The third-order valence-electron chi connectivity index (χ3n) is 2.25. The minimum Gasteiger partial charge on any atom is -0.0843 e. The molecule has 0 saturated carbocycles. The molecule has 0 heterocycles. The smallest absolute Gasteiger partial charge is 0.0409 e. The summed E-state index contributed by atoms with van der Waals surface area (Å²) in [5.74, 6) is 0. The van der Waals surface area contributed by atoms with Crippen molar-refractivity contribution in [3.05, 3.63) is 69.2 Å². The van der Waals surface area contributed by atoms with Gasteiger partial charge in [0.05, 0.1) is 0 Å². The van der Waals surface area contributed by atoms with Crippen molar-refractivity contribution in [2.45, 2.75) is 6.42 Å². The monoisotopic (exact) mass is 280 g/mol. The van der Waals surface area contributed by atoms with Crippen LogP contribution < -0.4 is 0 Å². The first-order valence-electron chi connectivity index (χ1n) is 4.73. The van der Waals surface area contributed by atoms with Crippen LogP contribution in [0.3, 0.4) is 0 Å². The average Bonchev–Trinajstić information content (AvgIpc) is 2.25. The molecule has 0 aromatic heterocycles. The van der Waals surface area contributed by atoms with E-state index in [-0.39, 0.29) is 0 Å². The molecule has 0 fully saturated rings. The SMILES string of the molecule is Clc1ccc(Br)c(Cc2ccccc2)c1. The zero-order valence-electron chi connectivity index (χ0n) is 8.08. The summed E-state index contributed by atoms with van der Waals surface area (Å²) in [7, 11) is 0. The van der Waals surface area contributed by atoms with Gasteiger partial charge in [0.15, 0.2) is 0 Å². The highest BCUT2D eigenvalue weighted by Gasteiger charge is 2.01. The minimum atomic E-state index is 0.782. The Labute approximate surface area is 103 Å². The summed E-state index contributed by atoms with van der Waals surface area (Å²) in [5, 5.41) is 0.782. The lowest BCUT2D eigenvalue weighted by atomic mass is 10.1. The largest absolute Gasteiger partial charge is 0.0843 e. The summed E-state index contributed by atoms with van der Waals surface area (Å²) < 4.78 is 1.11. The predicted octanol–water partition coefficient (Wildman–Crippen LogP) is 4.69. The van der Waals surface area contributed by atoms with Crippen molar-refractivity contribution >= 4 is 27.5 Å². The molecule has 0 saturated heterocycles. The molecule has 0 radical (unpaired) electrons. The van der Waals surface area contributed by atoms with Gasteiger partial charge >= 0.3 is 0 Å². The molecule has 0 nitrogen and oxygen atoms in total. The maximum absolute atomic E-state index is 5.96. The van der Waals surface area contributed by atoms with Crippen molar-refractivity contribution in [3.8, 4) is 0 Å². The molecule has 2 rings (SSSR count). The number of hydrogen-bond donors (Lipinski definition) is 0. The van der Waals surface area contributed by atoms with Gasteiger partial charge < -0.3 is 0 Å². The van der Waals surface area contributed by atoms with E-state index in [1.54, 1.807) is 0 Å². The Morgan fingerprint density at radius 1 is 1.00 bits per heavy atom. The van der Waals surface area contributed by atoms with Gasteiger partial charge in [-0.2, -0.15) is 0 Å². The topological polar surface area (TPSA) is 0 Å². The van der Waals surface area contributed by atoms with Gasteiger partial charge in [-0.05, 0) is 35.7 Å². The van der Waals surface area contributed by atoms with Crippen LogP contribution in [0.15, 0.2) is 53.0 Å². The van der Waals surface area contributed by atoms with E-state index in [1.165, 1.54) is 11.1 Å². The molecular weight excluding hydrogens is 272 g/mol. The van der Waals surface area contributed by atoms with Gasteiger partial charge in [0.1, 0.15) is 0 Å². The van der Waals surface area contributed by atoms with E-state index in [1.807, 2.05) is 36.4 Å². The van der Waals surface area contributed by atoms with Crippen molar-refractivity contribution in [2.24, 2.45) is 0 Å². The number of hydrogen-bond acceptors (Lipinski definition) is 0. The zero-order chi connectivity index (χ0) is 10.7. The van der Waals surface area contributed by atoms with Gasteiger partial charge in [0.2, 0.25) is 0 Å². The summed E-state index contributed by atoms with van der Waals surface area (Å²) >= 11 is 9.49. The average molecular weight is 282 g/mol. The summed E-state index contributed by atoms with van der Waals surface area (Å²) in [6.45, 7) is 0. The van der Waals surface area contributed by atoms with E-state index in [4.69, 9.17) is 11.6 Å². The molecule has 2 aromatic carbocycles. The Bertz CT molecular complexity index is 451. The predicted molar refractivity (Wildman–Crippen MR) is 68.4 cm³/mol. The van der Waals surface area contributed by atoms with E-state index < -0.39 is 0 Å². The third kappa shape index (κ3) is 2.83. The van der Waals surface area contributed by atoms with Crippen molar-refractivity contribution in [1.29, 1.82) is 0 Å². The lowest BCUT2D eigenvalue weighted by Gasteiger charge is -2.05. The maximum atomic E-state index is 5.96. The second-order valence-corrected chi connectivity index (χ2v) is 4.69. The van der Waals surface area contributed by atoms with Gasteiger partial charge in [0.25, 0.3) is 0 Å². The molecule has 15 heavy (non-hydrogen) atoms. The van der Waals surface area contributed by atoms with E-state index in [0.717, 1.165) is 15.9 Å². The minimum absolute atomic E-state index is 0.782. The normalized spacial score (nSPS) is 10.3. The molecule has 0 N–H and O–H groups in total. The zero-order valence-corrected chi connectivity index (χ0v) is 10.4. The molecule has 0 spiro atoms. The van der Waals surface area contributed by atoms with Crippen LogP contribution in [0, 0.1) is 0 Å². The first-order valence-corrected chi connectivity index (χ1v) is 5.90. The molecule has 0 aliphatic carbocycles. The molecule has 2 aromatic rings. The third-order valence-corrected chi connectivity index (χ3v) is 3.25. The second kappa shape index (κ2) is 4.82. The van der Waals surface area contributed by atoms with E-state index in [9.17, 15) is 0 Å². The van der Waals surface area contributed by atoms with Crippen LogP contribution in [0.25, 0.3) is 0 Å². The van der Waals surface area contributed by atoms with Crippen molar-refractivity contribution in [3.63, 3.8) is 0 Å². The number of benzene rings is 2.